The zero-order valence-corrected chi connectivity index (χ0v) is 14.6. The number of hydrogen-bond acceptors (Lipinski definition) is 2. The van der Waals surface area contributed by atoms with Gasteiger partial charge in [0.25, 0.3) is 0 Å². The van der Waals surface area contributed by atoms with Crippen molar-refractivity contribution in [3.63, 3.8) is 0 Å². The quantitative estimate of drug-likeness (QED) is 0.792. The van der Waals surface area contributed by atoms with E-state index in [-0.39, 0.29) is 11.5 Å². The lowest BCUT2D eigenvalue weighted by molar-refractivity contribution is 0.216. The van der Waals surface area contributed by atoms with Gasteiger partial charge in [-0.3, -0.25) is 0 Å². The van der Waals surface area contributed by atoms with E-state index in [1.54, 1.807) is 26.1 Å². The van der Waals surface area contributed by atoms with E-state index in [2.05, 4.69) is 0 Å². The second-order valence-corrected chi connectivity index (χ2v) is 8.53. The van der Waals surface area contributed by atoms with Crippen LogP contribution in [0, 0.1) is 12.3 Å². The van der Waals surface area contributed by atoms with E-state index in [0.717, 1.165) is 11.1 Å². The summed E-state index contributed by atoms with van der Waals surface area (Å²) in [6.07, 6.45) is 0. The maximum Gasteiger partial charge on any atom is 0.243 e. The Morgan fingerprint density at radius 3 is 2.30 bits per heavy atom. The molecule has 0 bridgehead atoms. The van der Waals surface area contributed by atoms with Crippen LogP contribution in [0.15, 0.2) is 23.1 Å². The van der Waals surface area contributed by atoms with Crippen LogP contribution in [0.3, 0.4) is 0 Å². The number of benzene rings is 1. The monoisotopic (exact) mass is 317 g/mol. The highest BCUT2D eigenvalue weighted by Gasteiger charge is 2.33. The average Bonchev–Trinajstić information content (AvgIpc) is 2.36. The third-order valence-electron chi connectivity index (χ3n) is 3.86. The lowest BCUT2D eigenvalue weighted by Crippen LogP contribution is -2.43. The van der Waals surface area contributed by atoms with Gasteiger partial charge in [0.1, 0.15) is 0 Å². The van der Waals surface area contributed by atoms with E-state index >= 15 is 0 Å². The normalized spacial score (nSPS) is 14.6. The molecule has 0 saturated carbocycles. The van der Waals surface area contributed by atoms with Crippen LogP contribution >= 0.6 is 11.6 Å². The van der Waals surface area contributed by atoms with Crippen LogP contribution in [0.2, 0.25) is 0 Å². The molecule has 1 atom stereocenters. The fraction of sp³-hybridized carbons (Fsp3) is 0.600. The molecular weight excluding hydrogens is 294 g/mol. The number of aryl methyl sites for hydroxylation is 1. The molecule has 1 aromatic carbocycles. The summed E-state index contributed by atoms with van der Waals surface area (Å²) in [5.41, 5.74) is 1.43. The summed E-state index contributed by atoms with van der Waals surface area (Å²) in [6, 6.07) is 5.23. The maximum atomic E-state index is 12.8. The van der Waals surface area contributed by atoms with Crippen LogP contribution in [-0.4, -0.2) is 25.8 Å². The molecule has 0 N–H and O–H groups in total. The number of nitrogens with zero attached hydrogens (tertiary/aromatic N) is 1. The first-order chi connectivity index (χ1) is 9.01. The van der Waals surface area contributed by atoms with E-state index in [1.165, 1.54) is 4.31 Å². The third-order valence-corrected chi connectivity index (χ3v) is 6.24. The molecular formula is C15H24ClNO2S. The Hall–Kier alpha value is -0.580. The Labute approximate surface area is 128 Å². The predicted octanol–water partition coefficient (Wildman–Crippen LogP) is 3.79. The van der Waals surface area contributed by atoms with E-state index < -0.39 is 10.0 Å². The van der Waals surface area contributed by atoms with Gasteiger partial charge in [-0.2, -0.15) is 4.31 Å². The van der Waals surface area contributed by atoms with Gasteiger partial charge in [0.05, 0.1) is 4.90 Å². The number of halogens is 1. The van der Waals surface area contributed by atoms with Crippen molar-refractivity contribution in [1.82, 2.24) is 4.31 Å². The first kappa shape index (κ1) is 17.5. The Balaban J connectivity index is 3.30. The van der Waals surface area contributed by atoms with Gasteiger partial charge in [-0.05, 0) is 36.5 Å². The van der Waals surface area contributed by atoms with Gasteiger partial charge in [0.15, 0.2) is 0 Å². The molecule has 0 aliphatic heterocycles. The molecule has 20 heavy (non-hydrogen) atoms. The number of sulfonamides is 1. The summed E-state index contributed by atoms with van der Waals surface area (Å²) < 4.78 is 27.0. The van der Waals surface area contributed by atoms with Crippen molar-refractivity contribution in [2.24, 2.45) is 5.41 Å². The van der Waals surface area contributed by atoms with Crippen LogP contribution in [0.1, 0.15) is 38.8 Å². The van der Waals surface area contributed by atoms with Gasteiger partial charge < -0.3 is 0 Å². The van der Waals surface area contributed by atoms with Gasteiger partial charge in [0.2, 0.25) is 10.0 Å². The lowest BCUT2D eigenvalue weighted by atomic mass is 9.88. The molecule has 0 aliphatic rings. The van der Waals surface area contributed by atoms with Crippen LogP contribution in [0.4, 0.5) is 0 Å². The second kappa shape index (κ2) is 6.04. The third kappa shape index (κ3) is 3.54. The van der Waals surface area contributed by atoms with Gasteiger partial charge in [-0.1, -0.05) is 32.9 Å². The minimum atomic E-state index is -3.51. The van der Waals surface area contributed by atoms with Gasteiger partial charge in [-0.15, -0.1) is 11.6 Å². The minimum Gasteiger partial charge on any atom is -0.207 e. The van der Waals surface area contributed by atoms with E-state index in [1.807, 2.05) is 33.8 Å². The molecule has 0 aliphatic carbocycles. The van der Waals surface area contributed by atoms with E-state index in [0.29, 0.717) is 10.8 Å². The summed E-state index contributed by atoms with van der Waals surface area (Å²) in [7, 11) is -1.87. The fourth-order valence-electron chi connectivity index (χ4n) is 1.91. The van der Waals surface area contributed by atoms with Crippen LogP contribution in [0.25, 0.3) is 0 Å². The number of hydrogen-bond donors (Lipinski definition) is 0. The summed E-state index contributed by atoms with van der Waals surface area (Å²) in [5, 5.41) is 0. The van der Waals surface area contributed by atoms with Crippen molar-refractivity contribution in [1.29, 1.82) is 0 Å². The Bertz CT molecular complexity index is 576. The molecule has 1 unspecified atom stereocenters. The summed E-state index contributed by atoms with van der Waals surface area (Å²) in [4.78, 5) is 0.342. The lowest BCUT2D eigenvalue weighted by Gasteiger charge is -2.34. The van der Waals surface area contributed by atoms with Gasteiger partial charge in [-0.25, -0.2) is 8.42 Å². The largest absolute Gasteiger partial charge is 0.243 e. The Morgan fingerprint density at radius 1 is 1.30 bits per heavy atom. The minimum absolute atomic E-state index is 0.105. The molecule has 1 aromatic rings. The molecule has 0 radical (unpaired) electrons. The van der Waals surface area contributed by atoms with E-state index in [9.17, 15) is 8.42 Å². The zero-order chi connectivity index (χ0) is 15.7. The summed E-state index contributed by atoms with van der Waals surface area (Å²) in [5.74, 6) is 0.307. The van der Waals surface area contributed by atoms with Crippen molar-refractivity contribution in [2.75, 3.05) is 7.05 Å². The van der Waals surface area contributed by atoms with Gasteiger partial charge in [0, 0.05) is 19.0 Å². The molecule has 5 heteroatoms. The molecule has 0 heterocycles. The van der Waals surface area contributed by atoms with Crippen LogP contribution in [0.5, 0.6) is 0 Å². The highest BCUT2D eigenvalue weighted by Crippen LogP contribution is 2.29. The first-order valence-electron chi connectivity index (χ1n) is 6.65. The topological polar surface area (TPSA) is 37.4 Å². The Kier molecular flexibility index (Phi) is 5.28. The summed E-state index contributed by atoms with van der Waals surface area (Å²) >= 11 is 5.81. The highest BCUT2D eigenvalue weighted by atomic mass is 35.5. The average molecular weight is 318 g/mol. The smallest absolute Gasteiger partial charge is 0.207 e. The van der Waals surface area contributed by atoms with Crippen LogP contribution in [-0.2, 0) is 15.9 Å². The molecule has 0 spiro atoms. The van der Waals surface area contributed by atoms with Crippen molar-refractivity contribution >= 4 is 21.6 Å². The standard InChI is InChI=1S/C15H24ClNO2S/c1-11-7-8-13(10-16)9-14(11)20(18,19)17(6)12(2)15(3,4)5/h7-9,12H,10H2,1-6H3. The molecule has 1 rings (SSSR count). The molecule has 0 amide bonds. The fourth-order valence-corrected chi connectivity index (χ4v) is 3.90. The number of rotatable bonds is 4. The SMILES string of the molecule is Cc1ccc(CCl)cc1S(=O)(=O)N(C)C(C)C(C)(C)C. The van der Waals surface area contributed by atoms with E-state index in [4.69, 9.17) is 11.6 Å². The molecule has 0 fully saturated rings. The zero-order valence-electron chi connectivity index (χ0n) is 13.1. The maximum absolute atomic E-state index is 12.8. The molecule has 3 nitrogen and oxygen atoms in total. The van der Waals surface area contributed by atoms with Crippen molar-refractivity contribution < 1.29 is 8.42 Å². The first-order valence-corrected chi connectivity index (χ1v) is 8.62. The summed E-state index contributed by atoms with van der Waals surface area (Å²) in [6.45, 7) is 9.84. The predicted molar refractivity (Wildman–Crippen MR) is 84.6 cm³/mol. The molecule has 114 valence electrons. The van der Waals surface area contributed by atoms with Crippen molar-refractivity contribution in [3.05, 3.63) is 29.3 Å². The molecule has 0 saturated heterocycles. The Morgan fingerprint density at radius 2 is 1.85 bits per heavy atom. The van der Waals surface area contributed by atoms with Crippen molar-refractivity contribution in [2.45, 2.75) is 51.4 Å². The second-order valence-electron chi connectivity index (χ2n) is 6.30. The van der Waals surface area contributed by atoms with Crippen LogP contribution < -0.4 is 0 Å². The van der Waals surface area contributed by atoms with Gasteiger partial charge >= 0.3 is 0 Å². The number of alkyl halides is 1. The van der Waals surface area contributed by atoms with Crippen molar-refractivity contribution in [3.8, 4) is 0 Å². The molecule has 0 aromatic heterocycles. The highest BCUT2D eigenvalue weighted by molar-refractivity contribution is 7.89.